The van der Waals surface area contributed by atoms with Crippen molar-refractivity contribution in [3.8, 4) is 0 Å². The molecule has 1 amide bonds. The zero-order chi connectivity index (χ0) is 17.7. The van der Waals surface area contributed by atoms with Crippen molar-refractivity contribution in [2.24, 2.45) is 5.92 Å². The minimum absolute atomic E-state index is 0.0310. The second-order valence-corrected chi connectivity index (χ2v) is 8.33. The van der Waals surface area contributed by atoms with E-state index in [2.05, 4.69) is 10.0 Å². The molecule has 0 radical (unpaired) electrons. The van der Waals surface area contributed by atoms with E-state index in [9.17, 15) is 13.2 Å². The maximum absolute atomic E-state index is 12.6. The van der Waals surface area contributed by atoms with Gasteiger partial charge >= 0.3 is 0 Å². The van der Waals surface area contributed by atoms with Gasteiger partial charge in [-0.25, -0.2) is 13.1 Å². The van der Waals surface area contributed by atoms with Crippen LogP contribution in [0.1, 0.15) is 37.0 Å². The van der Waals surface area contributed by atoms with Gasteiger partial charge in [0, 0.05) is 24.7 Å². The third-order valence-corrected chi connectivity index (χ3v) is 5.78. The van der Waals surface area contributed by atoms with Crippen LogP contribution in [0.5, 0.6) is 0 Å². The van der Waals surface area contributed by atoms with Crippen LogP contribution in [0.4, 0.5) is 0 Å². The topological polar surface area (TPSA) is 78.5 Å². The number of carbonyl (C=O) groups is 1. The van der Waals surface area contributed by atoms with Gasteiger partial charge in [0.05, 0.1) is 4.90 Å². The van der Waals surface area contributed by atoms with E-state index in [-0.39, 0.29) is 16.8 Å². The van der Waals surface area contributed by atoms with Crippen LogP contribution in [0.2, 0.25) is 0 Å². The molecule has 2 rings (SSSR count). The van der Waals surface area contributed by atoms with Gasteiger partial charge < -0.3 is 10.2 Å². The Morgan fingerprint density at radius 3 is 2.54 bits per heavy atom. The highest BCUT2D eigenvalue weighted by Gasteiger charge is 2.24. The van der Waals surface area contributed by atoms with Crippen LogP contribution in [0.15, 0.2) is 29.2 Å². The first-order valence-electron chi connectivity index (χ1n) is 8.39. The number of amides is 1. The number of nitrogens with zero attached hydrogens (tertiary/aromatic N) is 1. The second-order valence-electron chi connectivity index (χ2n) is 6.62. The molecule has 1 aliphatic heterocycles. The second kappa shape index (κ2) is 8.09. The molecule has 7 heteroatoms. The fourth-order valence-electron chi connectivity index (χ4n) is 3.04. The summed E-state index contributed by atoms with van der Waals surface area (Å²) in [6.45, 7) is 5.95. The Morgan fingerprint density at radius 2 is 1.96 bits per heavy atom. The first-order valence-corrected chi connectivity index (χ1v) is 9.88. The van der Waals surface area contributed by atoms with Crippen molar-refractivity contribution in [1.29, 1.82) is 0 Å². The molecule has 1 saturated heterocycles. The van der Waals surface area contributed by atoms with Gasteiger partial charge in [-0.15, -0.1) is 0 Å². The number of sulfonamides is 1. The summed E-state index contributed by atoms with van der Waals surface area (Å²) in [4.78, 5) is 14.7. The van der Waals surface area contributed by atoms with Gasteiger partial charge in [0.25, 0.3) is 5.91 Å². The van der Waals surface area contributed by atoms with E-state index >= 15 is 0 Å². The van der Waals surface area contributed by atoms with Gasteiger partial charge in [0.1, 0.15) is 0 Å². The monoisotopic (exact) mass is 353 g/mol. The Morgan fingerprint density at radius 1 is 1.29 bits per heavy atom. The molecule has 2 N–H and O–H groups in total. The number of nitrogens with one attached hydrogen (secondary N) is 2. The average molecular weight is 353 g/mol. The Balaban J connectivity index is 2.08. The number of benzene rings is 1. The highest BCUT2D eigenvalue weighted by Crippen LogP contribution is 2.19. The number of carbonyl (C=O) groups excluding carboxylic acids is 1. The minimum Gasteiger partial charge on any atom is -0.338 e. The lowest BCUT2D eigenvalue weighted by atomic mass is 9.97. The Bertz CT molecular complexity index is 654. The van der Waals surface area contributed by atoms with Crippen LogP contribution in [-0.4, -0.2) is 51.9 Å². The lowest BCUT2D eigenvalue weighted by molar-refractivity contribution is 0.0674. The molecule has 0 aromatic heterocycles. The van der Waals surface area contributed by atoms with Gasteiger partial charge in [-0.3, -0.25) is 4.79 Å². The molecule has 1 unspecified atom stereocenters. The average Bonchev–Trinajstić information content (AvgIpc) is 2.54. The van der Waals surface area contributed by atoms with Crippen molar-refractivity contribution in [2.45, 2.75) is 37.6 Å². The van der Waals surface area contributed by atoms with Crippen molar-refractivity contribution < 1.29 is 13.2 Å². The van der Waals surface area contributed by atoms with Crippen molar-refractivity contribution in [3.63, 3.8) is 0 Å². The first kappa shape index (κ1) is 18.9. The molecule has 1 aromatic rings. The molecule has 0 saturated carbocycles. The summed E-state index contributed by atoms with van der Waals surface area (Å²) in [5.74, 6) is 0.444. The summed E-state index contributed by atoms with van der Waals surface area (Å²) in [5, 5.41) is 3.16. The van der Waals surface area contributed by atoms with Crippen LogP contribution in [0.25, 0.3) is 0 Å². The van der Waals surface area contributed by atoms with Crippen molar-refractivity contribution in [3.05, 3.63) is 29.8 Å². The summed E-state index contributed by atoms with van der Waals surface area (Å²) in [5.41, 5.74) is 0.531. The van der Waals surface area contributed by atoms with E-state index in [1.807, 2.05) is 11.9 Å². The summed E-state index contributed by atoms with van der Waals surface area (Å²) in [7, 11) is -1.60. The lowest BCUT2D eigenvalue weighted by Gasteiger charge is -2.32. The summed E-state index contributed by atoms with van der Waals surface area (Å²) in [6.07, 6.45) is 2.13. The predicted octanol–water partition coefficient (Wildman–Crippen LogP) is 1.44. The van der Waals surface area contributed by atoms with Gasteiger partial charge in [-0.05, 0) is 70.5 Å². The standard InChI is InChI=1S/C17H27N3O3S/c1-13(2)19-24(22,23)16-8-6-15(7-9-16)17(21)20-10-4-5-14(12-20)11-18-3/h6-9,13-14,18-19H,4-5,10-12H2,1-3H3. The molecule has 1 aromatic carbocycles. The normalized spacial score (nSPS) is 18.8. The van der Waals surface area contributed by atoms with Crippen LogP contribution < -0.4 is 10.0 Å². The summed E-state index contributed by atoms with van der Waals surface area (Å²) < 4.78 is 26.8. The largest absolute Gasteiger partial charge is 0.338 e. The fraction of sp³-hybridized carbons (Fsp3) is 0.588. The smallest absolute Gasteiger partial charge is 0.253 e. The van der Waals surface area contributed by atoms with Crippen molar-refractivity contribution in [1.82, 2.24) is 14.9 Å². The number of hydrogen-bond donors (Lipinski definition) is 2. The number of likely N-dealkylation sites (tertiary alicyclic amines) is 1. The van der Waals surface area contributed by atoms with E-state index in [1.54, 1.807) is 26.0 Å². The van der Waals surface area contributed by atoms with Gasteiger partial charge in [0.2, 0.25) is 10.0 Å². The van der Waals surface area contributed by atoms with Gasteiger partial charge in [-0.1, -0.05) is 0 Å². The molecule has 1 heterocycles. The van der Waals surface area contributed by atoms with Crippen LogP contribution in [0, 0.1) is 5.92 Å². The molecule has 1 atom stereocenters. The van der Waals surface area contributed by atoms with E-state index in [0.29, 0.717) is 11.5 Å². The molecule has 0 aliphatic carbocycles. The van der Waals surface area contributed by atoms with Crippen LogP contribution >= 0.6 is 0 Å². The number of piperidine rings is 1. The zero-order valence-corrected chi connectivity index (χ0v) is 15.4. The lowest BCUT2D eigenvalue weighted by Crippen LogP contribution is -2.42. The quantitative estimate of drug-likeness (QED) is 0.811. The molecule has 0 spiro atoms. The van der Waals surface area contributed by atoms with Crippen molar-refractivity contribution in [2.75, 3.05) is 26.7 Å². The number of hydrogen-bond acceptors (Lipinski definition) is 4. The molecule has 1 fully saturated rings. The molecule has 1 aliphatic rings. The minimum atomic E-state index is -3.53. The Kier molecular flexibility index (Phi) is 6.37. The maximum Gasteiger partial charge on any atom is 0.253 e. The third-order valence-electron chi connectivity index (χ3n) is 4.10. The molecule has 0 bridgehead atoms. The Labute approximate surface area is 144 Å². The third kappa shape index (κ3) is 4.78. The van der Waals surface area contributed by atoms with Crippen LogP contribution in [-0.2, 0) is 10.0 Å². The fourth-order valence-corrected chi connectivity index (χ4v) is 4.29. The Hall–Kier alpha value is -1.44. The number of rotatable bonds is 6. The molecular formula is C17H27N3O3S. The highest BCUT2D eigenvalue weighted by molar-refractivity contribution is 7.89. The van der Waals surface area contributed by atoms with E-state index in [4.69, 9.17) is 0 Å². The molecular weight excluding hydrogens is 326 g/mol. The van der Waals surface area contributed by atoms with Crippen LogP contribution in [0.3, 0.4) is 0 Å². The van der Waals surface area contributed by atoms with E-state index < -0.39 is 10.0 Å². The van der Waals surface area contributed by atoms with Crippen molar-refractivity contribution >= 4 is 15.9 Å². The molecule has 134 valence electrons. The van der Waals surface area contributed by atoms with Gasteiger partial charge in [0.15, 0.2) is 0 Å². The van der Waals surface area contributed by atoms with E-state index in [0.717, 1.165) is 32.5 Å². The van der Waals surface area contributed by atoms with Gasteiger partial charge in [-0.2, -0.15) is 0 Å². The highest BCUT2D eigenvalue weighted by atomic mass is 32.2. The SMILES string of the molecule is CNCC1CCCN(C(=O)c2ccc(S(=O)(=O)NC(C)C)cc2)C1. The first-order chi connectivity index (χ1) is 11.3. The molecule has 24 heavy (non-hydrogen) atoms. The summed E-state index contributed by atoms with van der Waals surface area (Å²) >= 11 is 0. The zero-order valence-electron chi connectivity index (χ0n) is 14.6. The maximum atomic E-state index is 12.6. The summed E-state index contributed by atoms with van der Waals surface area (Å²) in [6, 6.07) is 6.01. The predicted molar refractivity (Wildman–Crippen MR) is 94.5 cm³/mol. The molecule has 6 nitrogen and oxygen atoms in total. The van der Waals surface area contributed by atoms with E-state index in [1.165, 1.54) is 12.1 Å².